The fraction of sp³-hybridized carbons (Fsp3) is 1.00. The van der Waals surface area contributed by atoms with E-state index in [4.69, 9.17) is 0 Å². The fourth-order valence-corrected chi connectivity index (χ4v) is 1.63. The molecule has 0 aromatic rings. The second-order valence-corrected chi connectivity index (χ2v) is 5.96. The Morgan fingerprint density at radius 2 is 0.567 bits per heavy atom. The van der Waals surface area contributed by atoms with E-state index in [1.54, 1.807) is 0 Å². The molecule has 0 spiro atoms. The van der Waals surface area contributed by atoms with Gasteiger partial charge in [-0.15, -0.1) is 0 Å². The third kappa shape index (κ3) is 3.34. The highest BCUT2D eigenvalue weighted by Gasteiger charge is 2.96. The van der Waals surface area contributed by atoms with Gasteiger partial charge in [-0.05, 0) is 0 Å². The molecule has 0 radical (unpaired) electrons. The van der Waals surface area contributed by atoms with E-state index in [1.165, 1.54) is 12.6 Å². The minimum Gasteiger partial charge on any atom is -0.244 e. The van der Waals surface area contributed by atoms with E-state index < -0.39 is 59.3 Å². The summed E-state index contributed by atoms with van der Waals surface area (Å²) in [6.45, 7) is -4.01. The van der Waals surface area contributed by atoms with Gasteiger partial charge in [0.25, 0.3) is 0 Å². The van der Waals surface area contributed by atoms with E-state index >= 15 is 0 Å². The second-order valence-electron chi connectivity index (χ2n) is 5.40. The van der Waals surface area contributed by atoms with E-state index in [0.717, 1.165) is 0 Å². The Morgan fingerprint density at radius 3 is 0.767 bits per heavy atom. The molecule has 0 N–H and O–H groups in total. The summed E-state index contributed by atoms with van der Waals surface area (Å²) in [6.07, 6.45) is 0. The highest BCUT2D eigenvalue weighted by Crippen LogP contribution is 2.65. The molecule has 0 amide bonds. The maximum absolute atomic E-state index is 13.2. The van der Waals surface area contributed by atoms with Crippen LogP contribution in [0.15, 0.2) is 0 Å². The van der Waals surface area contributed by atoms with Gasteiger partial charge in [0.2, 0.25) is 0 Å². The van der Waals surface area contributed by atoms with Crippen molar-refractivity contribution in [1.82, 2.24) is 0 Å². The molecule has 0 aliphatic heterocycles. The molecule has 0 bridgehead atoms. The first kappa shape index (κ1) is 29.0. The maximum Gasteiger partial charge on any atom is 0.387 e. The third-order valence-corrected chi connectivity index (χ3v) is 3.65. The van der Waals surface area contributed by atoms with Crippen LogP contribution in [-0.4, -0.2) is 59.3 Å². The summed E-state index contributed by atoms with van der Waals surface area (Å²) >= 11 is 1.34. The Labute approximate surface area is 156 Å². The number of rotatable bonds is 9. The Balaban J connectivity index is 6.85. The van der Waals surface area contributed by atoms with Crippen molar-refractivity contribution in [2.45, 2.75) is 52.6 Å². The maximum atomic E-state index is 13.2. The molecule has 0 unspecified atom stereocenters. The zero-order chi connectivity index (χ0) is 25.2. The highest BCUT2D eigenvalue weighted by atomic mass is 32.1. The van der Waals surface area contributed by atoms with Gasteiger partial charge in [-0.1, -0.05) is 12.6 Å². The first-order valence-electron chi connectivity index (χ1n) is 6.25. The van der Waals surface area contributed by atoms with Crippen molar-refractivity contribution < 1.29 is 83.4 Å². The Bertz CT molecular complexity index is 628. The number of hydrogen-bond donors (Lipinski definition) is 1. The summed E-state index contributed by atoms with van der Waals surface area (Å²) in [5.41, 5.74) is 0. The summed E-state index contributed by atoms with van der Waals surface area (Å²) in [6, 6.07) is 0. The summed E-state index contributed by atoms with van der Waals surface area (Å²) in [5, 5.41) is -6.72. The van der Waals surface area contributed by atoms with Gasteiger partial charge in [-0.25, -0.2) is 4.39 Å². The van der Waals surface area contributed by atoms with Crippen molar-refractivity contribution in [3.63, 3.8) is 0 Å². The van der Waals surface area contributed by atoms with Gasteiger partial charge in [-0.2, -0.15) is 79.0 Å². The fourth-order valence-electron chi connectivity index (χ4n) is 1.49. The van der Waals surface area contributed by atoms with Crippen LogP contribution in [-0.2, 0) is 0 Å². The van der Waals surface area contributed by atoms with E-state index in [-0.39, 0.29) is 0 Å². The summed E-state index contributed by atoms with van der Waals surface area (Å²) < 4.78 is 244. The molecule has 0 aromatic carbocycles. The Hall–Kier alpha value is -0.980. The highest BCUT2D eigenvalue weighted by molar-refractivity contribution is 7.81. The average molecular weight is 516 g/mol. The molecule has 0 saturated heterocycles. The van der Waals surface area contributed by atoms with Crippen molar-refractivity contribution in [3.05, 3.63) is 0 Å². The van der Waals surface area contributed by atoms with E-state index in [9.17, 15) is 83.4 Å². The van der Waals surface area contributed by atoms with Crippen molar-refractivity contribution >= 4 is 12.6 Å². The number of hydrogen-bond acceptors (Lipinski definition) is 1. The lowest BCUT2D eigenvalue weighted by molar-refractivity contribution is -0.458. The van der Waals surface area contributed by atoms with Crippen molar-refractivity contribution in [2.24, 2.45) is 0 Å². The van der Waals surface area contributed by atoms with Gasteiger partial charge < -0.3 is 0 Å². The quantitative estimate of drug-likeness (QED) is 0.261. The molecule has 0 aliphatic rings. The lowest BCUT2D eigenvalue weighted by Crippen LogP contribution is -2.75. The van der Waals surface area contributed by atoms with Crippen LogP contribution in [0.2, 0.25) is 0 Å². The molecule has 20 heteroatoms. The molecule has 182 valence electrons. The molecular weight excluding hydrogens is 513 g/mol. The van der Waals surface area contributed by atoms with Crippen molar-refractivity contribution in [1.29, 1.82) is 0 Å². The van der Waals surface area contributed by atoms with E-state index in [2.05, 4.69) is 0 Å². The molecule has 0 heterocycles. The lowest BCUT2D eigenvalue weighted by Gasteiger charge is -2.43. The van der Waals surface area contributed by atoms with Gasteiger partial charge >= 0.3 is 52.6 Å². The zero-order valence-electron chi connectivity index (χ0n) is 12.8. The normalized spacial score (nSPS) is 16.8. The minimum absolute atomic E-state index is 1.34. The number of alkyl halides is 19. The van der Waals surface area contributed by atoms with E-state index in [0.29, 0.717) is 0 Å². The van der Waals surface area contributed by atoms with Crippen LogP contribution in [0, 0.1) is 0 Å². The van der Waals surface area contributed by atoms with Crippen molar-refractivity contribution in [3.8, 4) is 0 Å². The van der Waals surface area contributed by atoms with Crippen LogP contribution >= 0.6 is 12.6 Å². The van der Waals surface area contributed by atoms with Gasteiger partial charge in [-0.3, -0.25) is 0 Å². The standard InChI is InChI=1S/C10H3F19S/c11-1-2(12,13)3(14,15)4(16,17)5(18,19)6(20,21)7(22,23)8(24,25)9(26,27)10(28,29)30/h30H,1H2. The molecule has 0 saturated carbocycles. The van der Waals surface area contributed by atoms with Gasteiger partial charge in [0.05, 0.1) is 0 Å². The first-order chi connectivity index (χ1) is 12.6. The molecular formula is C10H3F19S. The third-order valence-electron chi connectivity index (χ3n) is 3.37. The van der Waals surface area contributed by atoms with Crippen LogP contribution in [0.5, 0.6) is 0 Å². The molecule has 30 heavy (non-hydrogen) atoms. The topological polar surface area (TPSA) is 0 Å². The van der Waals surface area contributed by atoms with Gasteiger partial charge in [0.1, 0.15) is 0 Å². The molecule has 0 rings (SSSR count). The van der Waals surface area contributed by atoms with Gasteiger partial charge in [0, 0.05) is 0 Å². The predicted molar refractivity (Wildman–Crippen MR) is 59.5 cm³/mol. The average Bonchev–Trinajstić information content (AvgIpc) is 2.52. The van der Waals surface area contributed by atoms with Crippen LogP contribution in [0.1, 0.15) is 0 Å². The van der Waals surface area contributed by atoms with Crippen molar-refractivity contribution in [2.75, 3.05) is 6.67 Å². The van der Waals surface area contributed by atoms with E-state index in [1.807, 2.05) is 0 Å². The summed E-state index contributed by atoms with van der Waals surface area (Å²) in [4.78, 5) is 0. The molecule has 0 atom stereocenters. The summed E-state index contributed by atoms with van der Waals surface area (Å²) in [7, 11) is 0. The SMILES string of the molecule is FCC(F)(F)C(F)(F)C(F)(F)C(F)(F)C(F)(F)C(F)(F)C(F)(F)C(F)(F)C(F)(F)S. The van der Waals surface area contributed by atoms with Crippen LogP contribution in [0.25, 0.3) is 0 Å². The molecule has 0 aromatic heterocycles. The minimum atomic E-state index is -8.84. The molecule has 0 fully saturated rings. The first-order valence-corrected chi connectivity index (χ1v) is 6.69. The van der Waals surface area contributed by atoms with Crippen LogP contribution < -0.4 is 0 Å². The summed E-state index contributed by atoms with van der Waals surface area (Å²) in [5.74, 6) is -66.2. The Kier molecular flexibility index (Phi) is 6.78. The monoisotopic (exact) mass is 516 g/mol. The largest absolute Gasteiger partial charge is 0.387 e. The number of halogens is 19. The number of thiol groups is 1. The smallest absolute Gasteiger partial charge is 0.244 e. The molecule has 0 nitrogen and oxygen atoms in total. The van der Waals surface area contributed by atoms with Crippen LogP contribution in [0.3, 0.4) is 0 Å². The lowest BCUT2D eigenvalue weighted by atomic mass is 9.87. The predicted octanol–water partition coefficient (Wildman–Crippen LogP) is 6.56. The van der Waals surface area contributed by atoms with Gasteiger partial charge in [0.15, 0.2) is 6.67 Å². The second kappa shape index (κ2) is 7.01. The Morgan fingerprint density at radius 1 is 0.367 bits per heavy atom. The zero-order valence-corrected chi connectivity index (χ0v) is 13.7. The van der Waals surface area contributed by atoms with Crippen LogP contribution in [0.4, 0.5) is 83.4 Å². The molecule has 0 aliphatic carbocycles.